The molecule has 0 fully saturated rings. The third-order valence-corrected chi connectivity index (χ3v) is 2.48. The van der Waals surface area contributed by atoms with E-state index in [4.69, 9.17) is 14.7 Å². The molecule has 0 unspecified atom stereocenters. The minimum atomic E-state index is 0.280. The van der Waals surface area contributed by atoms with Gasteiger partial charge in [0.15, 0.2) is 11.5 Å². The van der Waals surface area contributed by atoms with E-state index in [0.29, 0.717) is 4.48 Å². The van der Waals surface area contributed by atoms with E-state index in [-0.39, 0.29) is 6.79 Å². The largest absolute Gasteiger partial charge is 0.454 e. The van der Waals surface area contributed by atoms with E-state index in [1.807, 2.05) is 30.3 Å². The fraction of sp³-hybridized carbons (Fsp3) is 0.0833. The summed E-state index contributed by atoms with van der Waals surface area (Å²) in [4.78, 5) is 0. The minimum absolute atomic E-state index is 0.280. The van der Waals surface area contributed by atoms with Crippen LogP contribution in [0.5, 0.6) is 11.5 Å². The molecule has 0 N–H and O–H groups in total. The van der Waals surface area contributed by atoms with Crippen molar-refractivity contribution in [2.75, 3.05) is 6.79 Å². The van der Waals surface area contributed by atoms with Crippen LogP contribution < -0.4 is 9.47 Å². The highest BCUT2D eigenvalue weighted by Crippen LogP contribution is 2.32. The Morgan fingerprint density at radius 2 is 2.19 bits per heavy atom. The van der Waals surface area contributed by atoms with Gasteiger partial charge in [-0.1, -0.05) is 18.2 Å². The molecular weight excluding hydrogens is 270 g/mol. The predicted octanol–water partition coefficient (Wildman–Crippen LogP) is 3.23. The number of allylic oxidation sites excluding steroid dienone is 3. The molecule has 0 spiro atoms. The number of fused-ring (bicyclic) bond motifs is 1. The fourth-order valence-corrected chi connectivity index (χ4v) is 1.45. The lowest BCUT2D eigenvalue weighted by Gasteiger charge is -1.96. The van der Waals surface area contributed by atoms with E-state index < -0.39 is 0 Å². The normalized spacial score (nSPS) is 14.1. The average Bonchev–Trinajstić information content (AvgIpc) is 2.76. The Balaban J connectivity index is 2.15. The number of rotatable bonds is 2. The summed E-state index contributed by atoms with van der Waals surface area (Å²) in [6.45, 7) is 0.280. The SMILES string of the molecule is N#CC(Br)=CC=Cc1ccc2c(c1)OCO2. The van der Waals surface area contributed by atoms with Gasteiger partial charge in [-0.05, 0) is 39.7 Å². The van der Waals surface area contributed by atoms with E-state index in [1.165, 1.54) is 0 Å². The molecule has 0 aromatic heterocycles. The van der Waals surface area contributed by atoms with Crippen LogP contribution in [0.4, 0.5) is 0 Å². The lowest BCUT2D eigenvalue weighted by molar-refractivity contribution is 0.174. The van der Waals surface area contributed by atoms with Crippen LogP contribution in [0.25, 0.3) is 6.08 Å². The number of hydrogen-bond donors (Lipinski definition) is 0. The third-order valence-electron chi connectivity index (χ3n) is 2.03. The molecule has 3 nitrogen and oxygen atoms in total. The van der Waals surface area contributed by atoms with Crippen molar-refractivity contribution < 1.29 is 9.47 Å². The highest BCUT2D eigenvalue weighted by atomic mass is 79.9. The van der Waals surface area contributed by atoms with E-state index >= 15 is 0 Å². The zero-order valence-electron chi connectivity index (χ0n) is 8.31. The van der Waals surface area contributed by atoms with Gasteiger partial charge in [-0.15, -0.1) is 0 Å². The van der Waals surface area contributed by atoms with Crippen molar-refractivity contribution in [3.63, 3.8) is 0 Å². The maximum atomic E-state index is 8.52. The first-order valence-corrected chi connectivity index (χ1v) is 5.42. The van der Waals surface area contributed by atoms with Crippen LogP contribution in [-0.4, -0.2) is 6.79 Å². The molecule has 0 bridgehead atoms. The summed E-state index contributed by atoms with van der Waals surface area (Å²) in [6, 6.07) is 7.67. The van der Waals surface area contributed by atoms with Gasteiger partial charge in [-0.25, -0.2) is 0 Å². The van der Waals surface area contributed by atoms with Crippen molar-refractivity contribution in [3.8, 4) is 17.6 Å². The Kier molecular flexibility index (Phi) is 3.28. The lowest BCUT2D eigenvalue weighted by Crippen LogP contribution is -1.92. The first kappa shape index (κ1) is 10.8. The van der Waals surface area contributed by atoms with Crippen LogP contribution in [0, 0.1) is 11.3 Å². The third kappa shape index (κ3) is 2.44. The van der Waals surface area contributed by atoms with Crippen molar-refractivity contribution >= 4 is 22.0 Å². The van der Waals surface area contributed by atoms with Gasteiger partial charge in [0.1, 0.15) is 6.07 Å². The van der Waals surface area contributed by atoms with Gasteiger partial charge in [0.25, 0.3) is 0 Å². The number of benzene rings is 1. The molecule has 1 aromatic rings. The molecule has 2 rings (SSSR count). The van der Waals surface area contributed by atoms with Gasteiger partial charge in [-0.2, -0.15) is 5.26 Å². The van der Waals surface area contributed by atoms with E-state index in [1.54, 1.807) is 12.2 Å². The van der Waals surface area contributed by atoms with E-state index in [9.17, 15) is 0 Å². The van der Waals surface area contributed by atoms with Crippen LogP contribution in [0.1, 0.15) is 5.56 Å². The van der Waals surface area contributed by atoms with Gasteiger partial charge >= 0.3 is 0 Å². The summed E-state index contributed by atoms with van der Waals surface area (Å²) < 4.78 is 10.9. The van der Waals surface area contributed by atoms with Gasteiger partial charge < -0.3 is 9.47 Å². The summed E-state index contributed by atoms with van der Waals surface area (Å²) >= 11 is 3.10. The summed E-state index contributed by atoms with van der Waals surface area (Å²) in [7, 11) is 0. The van der Waals surface area contributed by atoms with Crippen molar-refractivity contribution in [3.05, 3.63) is 40.4 Å². The minimum Gasteiger partial charge on any atom is -0.454 e. The standard InChI is InChI=1S/C12H8BrNO2/c13-10(7-14)3-1-2-9-4-5-11-12(6-9)16-8-15-11/h1-6H,8H2. The quantitative estimate of drug-likeness (QED) is 0.616. The summed E-state index contributed by atoms with van der Waals surface area (Å²) in [5, 5.41) is 8.52. The van der Waals surface area contributed by atoms with Gasteiger partial charge in [0, 0.05) is 0 Å². The zero-order chi connectivity index (χ0) is 11.4. The summed E-state index contributed by atoms with van der Waals surface area (Å²) in [5.74, 6) is 1.52. The van der Waals surface area contributed by atoms with Crippen LogP contribution in [0.3, 0.4) is 0 Å². The monoisotopic (exact) mass is 277 g/mol. The first-order valence-electron chi connectivity index (χ1n) is 4.63. The molecule has 1 aliphatic rings. The molecule has 4 heteroatoms. The topological polar surface area (TPSA) is 42.2 Å². The second-order valence-electron chi connectivity index (χ2n) is 3.10. The molecule has 1 heterocycles. The molecule has 0 aliphatic carbocycles. The van der Waals surface area contributed by atoms with Gasteiger partial charge in [-0.3, -0.25) is 0 Å². The van der Waals surface area contributed by atoms with Gasteiger partial charge in [0.2, 0.25) is 6.79 Å². The first-order chi connectivity index (χ1) is 7.79. The Morgan fingerprint density at radius 1 is 1.38 bits per heavy atom. The maximum Gasteiger partial charge on any atom is 0.231 e. The molecule has 16 heavy (non-hydrogen) atoms. The molecule has 0 radical (unpaired) electrons. The second-order valence-corrected chi connectivity index (χ2v) is 3.95. The summed E-state index contributed by atoms with van der Waals surface area (Å²) in [5.41, 5.74) is 0.999. The van der Waals surface area contributed by atoms with Crippen LogP contribution in [0.2, 0.25) is 0 Å². The highest BCUT2D eigenvalue weighted by molar-refractivity contribution is 9.12. The molecule has 0 atom stereocenters. The van der Waals surface area contributed by atoms with Gasteiger partial charge in [0.05, 0.1) is 4.48 Å². The summed E-state index contributed by atoms with van der Waals surface area (Å²) in [6.07, 6.45) is 5.37. The van der Waals surface area contributed by atoms with E-state index in [0.717, 1.165) is 17.1 Å². The number of nitrogens with zero attached hydrogens (tertiary/aromatic N) is 1. The molecule has 0 saturated carbocycles. The molecule has 0 amide bonds. The Morgan fingerprint density at radius 3 is 3.00 bits per heavy atom. The van der Waals surface area contributed by atoms with E-state index in [2.05, 4.69) is 15.9 Å². The lowest BCUT2D eigenvalue weighted by atomic mass is 10.2. The van der Waals surface area contributed by atoms with Crippen molar-refractivity contribution in [2.24, 2.45) is 0 Å². The number of hydrogen-bond acceptors (Lipinski definition) is 3. The average molecular weight is 278 g/mol. The molecule has 80 valence electrons. The van der Waals surface area contributed by atoms with Crippen LogP contribution in [-0.2, 0) is 0 Å². The Labute approximate surface area is 102 Å². The second kappa shape index (κ2) is 4.86. The van der Waals surface area contributed by atoms with Crippen LogP contribution in [0.15, 0.2) is 34.8 Å². The molecule has 1 aliphatic heterocycles. The number of ether oxygens (including phenoxy) is 2. The molecule has 1 aromatic carbocycles. The smallest absolute Gasteiger partial charge is 0.231 e. The van der Waals surface area contributed by atoms with Crippen molar-refractivity contribution in [1.82, 2.24) is 0 Å². The Bertz CT molecular complexity index is 500. The van der Waals surface area contributed by atoms with Crippen molar-refractivity contribution in [1.29, 1.82) is 5.26 Å². The number of halogens is 1. The van der Waals surface area contributed by atoms with Crippen molar-refractivity contribution in [2.45, 2.75) is 0 Å². The number of nitriles is 1. The predicted molar refractivity (Wildman–Crippen MR) is 64.2 cm³/mol. The highest BCUT2D eigenvalue weighted by Gasteiger charge is 2.11. The molecule has 0 saturated heterocycles. The molecular formula is C12H8BrNO2. The van der Waals surface area contributed by atoms with Crippen LogP contribution >= 0.6 is 15.9 Å². The maximum absolute atomic E-state index is 8.52. The fourth-order valence-electron chi connectivity index (χ4n) is 1.30. The Hall–Kier alpha value is -1.73. The zero-order valence-corrected chi connectivity index (χ0v) is 9.90.